The van der Waals surface area contributed by atoms with Gasteiger partial charge in [-0.05, 0) is 73.2 Å². The standard InChI is InChI=1S/C42H41N5O3S/c1-43-42(48)30-18-22-45(23-19-30)51(49,50)40-13-7-4-10-35(40)41-33-16-14-31(46-24-20-28-8-2-5-11-38(28)46)26-36(33)44-37-27-32(15-17-34(37)41)47-25-21-29-9-3-6-12-39(29)47/h2-17,26-27,30-31,44H,18-25H2,1H3,(H,43,48). The lowest BCUT2D eigenvalue weighted by molar-refractivity contribution is -0.125. The second kappa shape index (κ2) is 12.6. The molecule has 0 bridgehead atoms. The highest BCUT2D eigenvalue weighted by atomic mass is 32.2. The van der Waals surface area contributed by atoms with Crippen LogP contribution in [0.3, 0.4) is 0 Å². The SMILES string of the molecule is CNC(=O)C1CCN(S(=O)(=O)c2ccccc2C2=C3C=CC(N4CCc5ccccc54)C=C3Nc3cc(N4CCc5ccccc54)ccc32)CC1. The fourth-order valence-electron chi connectivity index (χ4n) is 8.60. The number of nitrogens with one attached hydrogen (secondary N) is 2. The third-order valence-electron chi connectivity index (χ3n) is 11.2. The molecule has 4 aromatic carbocycles. The molecule has 1 amide bonds. The number of anilines is 4. The minimum Gasteiger partial charge on any atom is -0.361 e. The number of hydrogen-bond acceptors (Lipinski definition) is 6. The smallest absolute Gasteiger partial charge is 0.243 e. The lowest BCUT2D eigenvalue weighted by Crippen LogP contribution is -2.42. The summed E-state index contributed by atoms with van der Waals surface area (Å²) in [4.78, 5) is 17.4. The zero-order chi connectivity index (χ0) is 34.7. The molecule has 4 heterocycles. The molecule has 1 saturated heterocycles. The highest BCUT2D eigenvalue weighted by Crippen LogP contribution is 2.47. The van der Waals surface area contributed by atoms with Crippen molar-refractivity contribution < 1.29 is 13.2 Å². The van der Waals surface area contributed by atoms with Crippen LogP contribution in [0.1, 0.15) is 35.1 Å². The summed E-state index contributed by atoms with van der Waals surface area (Å²) in [5, 5.41) is 6.53. The van der Waals surface area contributed by atoms with Crippen molar-refractivity contribution in [2.24, 2.45) is 5.92 Å². The minimum absolute atomic E-state index is 0.0263. The summed E-state index contributed by atoms with van der Waals surface area (Å²) in [6.07, 6.45) is 9.72. The first-order chi connectivity index (χ1) is 24.9. The van der Waals surface area contributed by atoms with Crippen LogP contribution in [0.5, 0.6) is 0 Å². The van der Waals surface area contributed by atoms with Crippen LogP contribution >= 0.6 is 0 Å². The second-order valence-corrected chi connectivity index (χ2v) is 15.9. The molecule has 258 valence electrons. The van der Waals surface area contributed by atoms with Crippen LogP contribution < -0.4 is 20.4 Å². The topological polar surface area (TPSA) is 85.0 Å². The maximum absolute atomic E-state index is 14.5. The van der Waals surface area contributed by atoms with Crippen LogP contribution in [0.4, 0.5) is 22.7 Å². The van der Waals surface area contributed by atoms with Gasteiger partial charge in [0, 0.05) is 89.9 Å². The molecule has 0 radical (unpaired) electrons. The second-order valence-electron chi connectivity index (χ2n) is 14.0. The highest BCUT2D eigenvalue weighted by Gasteiger charge is 2.36. The van der Waals surface area contributed by atoms with Crippen molar-refractivity contribution >= 4 is 44.3 Å². The molecule has 1 unspecified atom stereocenters. The Bertz CT molecular complexity index is 2270. The van der Waals surface area contributed by atoms with Gasteiger partial charge in [-0.25, -0.2) is 8.42 Å². The maximum atomic E-state index is 14.5. The molecule has 8 nitrogen and oxygen atoms in total. The van der Waals surface area contributed by atoms with E-state index in [1.807, 2.05) is 18.2 Å². The molecule has 9 rings (SSSR count). The van der Waals surface area contributed by atoms with E-state index in [-0.39, 0.29) is 17.9 Å². The van der Waals surface area contributed by atoms with Crippen LogP contribution in [0.25, 0.3) is 5.57 Å². The van der Waals surface area contributed by atoms with E-state index >= 15 is 0 Å². The van der Waals surface area contributed by atoms with Gasteiger partial charge in [0.1, 0.15) is 0 Å². The summed E-state index contributed by atoms with van der Waals surface area (Å²) < 4.78 is 30.6. The Balaban J connectivity index is 1.15. The van der Waals surface area contributed by atoms with Gasteiger partial charge in [0.05, 0.1) is 10.9 Å². The number of rotatable bonds is 6. The summed E-state index contributed by atoms with van der Waals surface area (Å²) in [6.45, 7) is 2.47. The lowest BCUT2D eigenvalue weighted by atomic mass is 9.84. The van der Waals surface area contributed by atoms with Gasteiger partial charge in [-0.15, -0.1) is 0 Å². The number of carbonyl (C=O) groups is 1. The van der Waals surface area contributed by atoms with Crippen molar-refractivity contribution in [2.75, 3.05) is 48.3 Å². The average molecular weight is 696 g/mol. The van der Waals surface area contributed by atoms with Gasteiger partial charge in [-0.1, -0.05) is 72.8 Å². The Labute approximate surface area is 299 Å². The quantitative estimate of drug-likeness (QED) is 0.236. The van der Waals surface area contributed by atoms with E-state index in [0.717, 1.165) is 59.7 Å². The fraction of sp³-hybridized carbons (Fsp3) is 0.262. The van der Waals surface area contributed by atoms with Crippen LogP contribution in [0, 0.1) is 5.92 Å². The van der Waals surface area contributed by atoms with Crippen LogP contribution in [0.2, 0.25) is 0 Å². The molecule has 4 aromatic rings. The molecule has 2 N–H and O–H groups in total. The predicted octanol–water partition coefficient (Wildman–Crippen LogP) is 6.64. The molecule has 1 aliphatic carbocycles. The first-order valence-electron chi connectivity index (χ1n) is 18.0. The van der Waals surface area contributed by atoms with Gasteiger partial charge < -0.3 is 20.4 Å². The van der Waals surface area contributed by atoms with E-state index in [1.54, 1.807) is 17.4 Å². The highest BCUT2D eigenvalue weighted by molar-refractivity contribution is 7.89. The zero-order valence-electron chi connectivity index (χ0n) is 28.7. The van der Waals surface area contributed by atoms with Crippen molar-refractivity contribution in [1.29, 1.82) is 0 Å². The summed E-state index contributed by atoms with van der Waals surface area (Å²) in [5.74, 6) is -0.202. The number of sulfonamides is 1. The molecular weight excluding hydrogens is 655 g/mol. The van der Waals surface area contributed by atoms with Gasteiger partial charge in [-0.3, -0.25) is 4.79 Å². The van der Waals surface area contributed by atoms with E-state index in [2.05, 4.69) is 105 Å². The molecule has 5 aliphatic rings. The Morgan fingerprint density at radius 2 is 1.51 bits per heavy atom. The number of amides is 1. The van der Waals surface area contributed by atoms with Gasteiger partial charge in [0.25, 0.3) is 0 Å². The van der Waals surface area contributed by atoms with Crippen LogP contribution in [-0.4, -0.2) is 57.9 Å². The van der Waals surface area contributed by atoms with Gasteiger partial charge in [-0.2, -0.15) is 4.31 Å². The van der Waals surface area contributed by atoms with E-state index in [4.69, 9.17) is 0 Å². The molecule has 9 heteroatoms. The van der Waals surface area contributed by atoms with Crippen molar-refractivity contribution in [2.45, 2.75) is 36.6 Å². The number of allylic oxidation sites excluding steroid dienone is 1. The van der Waals surface area contributed by atoms with Crippen molar-refractivity contribution in [1.82, 2.24) is 9.62 Å². The number of hydrogen-bond donors (Lipinski definition) is 2. The van der Waals surface area contributed by atoms with E-state index < -0.39 is 10.0 Å². The Kier molecular flexibility index (Phi) is 7.85. The first kappa shape index (κ1) is 31.8. The van der Waals surface area contributed by atoms with Crippen molar-refractivity contribution in [3.63, 3.8) is 0 Å². The number of fused-ring (bicyclic) bond motifs is 4. The van der Waals surface area contributed by atoms with Crippen molar-refractivity contribution in [3.8, 4) is 0 Å². The van der Waals surface area contributed by atoms with E-state index in [0.29, 0.717) is 36.4 Å². The maximum Gasteiger partial charge on any atom is 0.243 e. The zero-order valence-corrected chi connectivity index (χ0v) is 29.5. The number of nitrogens with zero attached hydrogens (tertiary/aromatic N) is 3. The number of carbonyl (C=O) groups excluding carboxylic acids is 1. The molecule has 0 spiro atoms. The van der Waals surface area contributed by atoms with E-state index in [9.17, 15) is 13.2 Å². The Hall–Kier alpha value is -5.12. The summed E-state index contributed by atoms with van der Waals surface area (Å²) in [7, 11) is -2.23. The molecule has 51 heavy (non-hydrogen) atoms. The predicted molar refractivity (Wildman–Crippen MR) is 204 cm³/mol. The minimum atomic E-state index is -3.86. The third-order valence-corrected chi connectivity index (χ3v) is 13.2. The molecule has 1 atom stereocenters. The van der Waals surface area contributed by atoms with Gasteiger partial charge >= 0.3 is 0 Å². The number of benzene rings is 4. The Morgan fingerprint density at radius 1 is 0.804 bits per heavy atom. The lowest BCUT2D eigenvalue weighted by Gasteiger charge is -2.35. The Morgan fingerprint density at radius 3 is 2.31 bits per heavy atom. The molecule has 4 aliphatic heterocycles. The van der Waals surface area contributed by atoms with Gasteiger partial charge in [0.2, 0.25) is 15.9 Å². The third kappa shape index (κ3) is 5.38. The molecule has 0 saturated carbocycles. The summed E-state index contributed by atoms with van der Waals surface area (Å²) >= 11 is 0. The largest absolute Gasteiger partial charge is 0.361 e. The average Bonchev–Trinajstić information content (AvgIpc) is 3.81. The molecule has 0 aromatic heterocycles. The first-order valence-corrected chi connectivity index (χ1v) is 19.4. The summed E-state index contributed by atoms with van der Waals surface area (Å²) in [5.41, 5.74) is 11.8. The van der Waals surface area contributed by atoms with Crippen molar-refractivity contribution in [3.05, 3.63) is 143 Å². The number of piperidine rings is 1. The number of para-hydroxylation sites is 2. The molecular formula is C42H41N5O3S. The fourth-order valence-corrected chi connectivity index (χ4v) is 10.3. The van der Waals surface area contributed by atoms with E-state index in [1.165, 1.54) is 22.5 Å². The van der Waals surface area contributed by atoms with Crippen LogP contribution in [0.15, 0.2) is 125 Å². The molecule has 1 fully saturated rings. The monoisotopic (exact) mass is 695 g/mol. The van der Waals surface area contributed by atoms with Gasteiger partial charge in [0.15, 0.2) is 0 Å². The summed E-state index contributed by atoms with van der Waals surface area (Å²) in [6, 6.07) is 31.2. The van der Waals surface area contributed by atoms with Crippen LogP contribution in [-0.2, 0) is 27.7 Å². The normalized spacial score (nSPS) is 19.9.